The van der Waals surface area contributed by atoms with Crippen LogP contribution in [0.3, 0.4) is 0 Å². The number of hydrogen-bond acceptors (Lipinski definition) is 5. The number of aliphatic hydroxyl groups is 3. The van der Waals surface area contributed by atoms with E-state index in [2.05, 4.69) is 13.8 Å². The third-order valence-corrected chi connectivity index (χ3v) is 5.67. The highest BCUT2D eigenvalue weighted by Crippen LogP contribution is 2.13. The first kappa shape index (κ1) is 33.5. The van der Waals surface area contributed by atoms with Gasteiger partial charge in [-0.05, 0) is 12.8 Å². The number of unbranched alkanes of at least 4 members (excludes halogenated alkanes) is 17. The Morgan fingerprint density at radius 3 is 1.28 bits per heavy atom. The normalized spacial score (nSPS) is 10.8. The van der Waals surface area contributed by atoms with E-state index in [0.29, 0.717) is 13.0 Å². The molecule has 32 heavy (non-hydrogen) atoms. The van der Waals surface area contributed by atoms with Crippen molar-refractivity contribution in [3.8, 4) is 0 Å². The second-order valence-corrected chi connectivity index (χ2v) is 9.00. The molecule has 0 aromatic carbocycles. The third-order valence-electron chi connectivity index (χ3n) is 5.67. The van der Waals surface area contributed by atoms with E-state index in [1.54, 1.807) is 0 Å². The summed E-state index contributed by atoms with van der Waals surface area (Å²) >= 11 is 0. The maximum atomic E-state index is 11.7. The fourth-order valence-electron chi connectivity index (χ4n) is 3.49. The summed E-state index contributed by atoms with van der Waals surface area (Å²) in [6.45, 7) is 4.41. The molecule has 0 aliphatic rings. The van der Waals surface area contributed by atoms with E-state index in [9.17, 15) is 4.79 Å². The number of rotatable bonds is 23. The molecule has 0 aliphatic heterocycles. The van der Waals surface area contributed by atoms with Crippen molar-refractivity contribution in [2.24, 2.45) is 0 Å². The fourth-order valence-corrected chi connectivity index (χ4v) is 3.49. The van der Waals surface area contributed by atoms with Gasteiger partial charge < -0.3 is 20.1 Å². The van der Waals surface area contributed by atoms with E-state index in [1.807, 2.05) is 0 Å². The average Bonchev–Trinajstić information content (AvgIpc) is 2.81. The largest absolute Gasteiger partial charge is 0.466 e. The van der Waals surface area contributed by atoms with Crippen LogP contribution in [0.2, 0.25) is 0 Å². The molecule has 0 fully saturated rings. The molecule has 0 heterocycles. The van der Waals surface area contributed by atoms with E-state index in [4.69, 9.17) is 20.1 Å². The lowest BCUT2D eigenvalue weighted by atomic mass is 10.0. The zero-order chi connectivity index (χ0) is 24.1. The summed E-state index contributed by atoms with van der Waals surface area (Å²) < 4.78 is 5.32. The van der Waals surface area contributed by atoms with Crippen LogP contribution in [-0.2, 0) is 9.53 Å². The Balaban J connectivity index is 0. The molecule has 0 bridgehead atoms. The van der Waals surface area contributed by atoms with Crippen LogP contribution in [-0.4, -0.2) is 47.2 Å². The molecule has 5 nitrogen and oxygen atoms in total. The number of aliphatic hydroxyl groups excluding tert-OH is 3. The molecule has 3 N–H and O–H groups in total. The minimum absolute atomic E-state index is 0.0154. The first-order chi connectivity index (χ1) is 15.6. The predicted molar refractivity (Wildman–Crippen MR) is 135 cm³/mol. The fraction of sp³-hybridized carbons (Fsp3) is 0.963. The van der Waals surface area contributed by atoms with Gasteiger partial charge in [0.2, 0.25) is 0 Å². The molecule has 0 saturated heterocycles. The van der Waals surface area contributed by atoms with Crippen LogP contribution in [0.25, 0.3) is 0 Å². The van der Waals surface area contributed by atoms with Gasteiger partial charge in [-0.25, -0.2) is 0 Å². The van der Waals surface area contributed by atoms with Crippen LogP contribution in [0.5, 0.6) is 0 Å². The predicted octanol–water partition coefficient (Wildman–Crippen LogP) is 6.70. The van der Waals surface area contributed by atoms with E-state index in [1.165, 1.54) is 109 Å². The number of esters is 1. The molecule has 0 spiro atoms. The molecule has 0 aliphatic carbocycles. The highest BCUT2D eigenvalue weighted by Gasteiger charge is 2.02. The molecule has 0 saturated carbocycles. The van der Waals surface area contributed by atoms with Crippen molar-refractivity contribution in [2.45, 2.75) is 148 Å². The van der Waals surface area contributed by atoms with E-state index >= 15 is 0 Å². The topological polar surface area (TPSA) is 87.0 Å². The number of ether oxygens (including phenoxy) is 1. The van der Waals surface area contributed by atoms with Crippen molar-refractivity contribution in [3.63, 3.8) is 0 Å². The quantitative estimate of drug-likeness (QED) is 0.117. The SMILES string of the molecule is CCCCCCCCCCCCCCCC(=O)OCCCCCCCC.OCC(O)CO. The molecule has 194 valence electrons. The van der Waals surface area contributed by atoms with Gasteiger partial charge in [-0.3, -0.25) is 4.79 Å². The average molecular weight is 461 g/mol. The van der Waals surface area contributed by atoms with Crippen LogP contribution < -0.4 is 0 Å². The molecule has 0 unspecified atom stereocenters. The lowest BCUT2D eigenvalue weighted by Gasteiger charge is -2.05. The van der Waals surface area contributed by atoms with Crippen molar-refractivity contribution < 1.29 is 24.9 Å². The van der Waals surface area contributed by atoms with Crippen molar-refractivity contribution in [3.05, 3.63) is 0 Å². The van der Waals surface area contributed by atoms with Gasteiger partial charge in [0.05, 0.1) is 19.8 Å². The Labute approximate surface area is 199 Å². The lowest BCUT2D eigenvalue weighted by Crippen LogP contribution is -2.15. The Hall–Kier alpha value is -0.650. The molecule has 0 aromatic rings. The van der Waals surface area contributed by atoms with Gasteiger partial charge in [0.25, 0.3) is 0 Å². The van der Waals surface area contributed by atoms with Crippen molar-refractivity contribution >= 4 is 5.97 Å². The smallest absolute Gasteiger partial charge is 0.305 e. The van der Waals surface area contributed by atoms with E-state index < -0.39 is 6.10 Å². The second kappa shape index (κ2) is 30.4. The van der Waals surface area contributed by atoms with Crippen molar-refractivity contribution in [1.29, 1.82) is 0 Å². The Kier molecular flexibility index (Phi) is 31.8. The molecule has 5 heteroatoms. The van der Waals surface area contributed by atoms with Gasteiger partial charge in [-0.15, -0.1) is 0 Å². The van der Waals surface area contributed by atoms with E-state index in [-0.39, 0.29) is 19.2 Å². The van der Waals surface area contributed by atoms with Gasteiger partial charge in [0, 0.05) is 6.42 Å². The highest BCUT2D eigenvalue weighted by atomic mass is 16.5. The minimum Gasteiger partial charge on any atom is -0.466 e. The zero-order valence-electron chi connectivity index (χ0n) is 21.5. The summed E-state index contributed by atoms with van der Waals surface area (Å²) in [4.78, 5) is 11.7. The number of carbonyl (C=O) groups excluding carboxylic acids is 1. The Bertz CT molecular complexity index is 345. The first-order valence-electron chi connectivity index (χ1n) is 13.7. The zero-order valence-corrected chi connectivity index (χ0v) is 21.5. The number of carbonyl (C=O) groups is 1. The second-order valence-electron chi connectivity index (χ2n) is 9.00. The molecule has 0 radical (unpaired) electrons. The van der Waals surface area contributed by atoms with Crippen molar-refractivity contribution in [2.75, 3.05) is 19.8 Å². The van der Waals surface area contributed by atoms with Gasteiger partial charge in [0.15, 0.2) is 0 Å². The molecule has 0 amide bonds. The first-order valence-corrected chi connectivity index (χ1v) is 13.7. The minimum atomic E-state index is -0.954. The van der Waals surface area contributed by atoms with Crippen LogP contribution in [0.15, 0.2) is 0 Å². The molecular weight excluding hydrogens is 404 g/mol. The number of hydrogen-bond donors (Lipinski definition) is 3. The van der Waals surface area contributed by atoms with Crippen LogP contribution in [0, 0.1) is 0 Å². The lowest BCUT2D eigenvalue weighted by molar-refractivity contribution is -0.143. The summed E-state index contributed by atoms with van der Waals surface area (Å²) in [5, 5.41) is 24.0. The van der Waals surface area contributed by atoms with Gasteiger partial charge in [-0.2, -0.15) is 0 Å². The van der Waals surface area contributed by atoms with Gasteiger partial charge in [-0.1, -0.05) is 123 Å². The summed E-state index contributed by atoms with van der Waals surface area (Å²) in [6.07, 6.45) is 24.6. The molecular formula is C27H56O5. The molecule has 0 rings (SSSR count). The third kappa shape index (κ3) is 31.5. The standard InChI is InChI=1S/C24H48O2.C3H8O3/c1-3-5-7-9-11-12-13-14-15-16-17-18-20-22-24(25)26-23-21-19-10-8-6-4-2;4-1-3(6)2-5/h3-23H2,1-2H3;3-6H,1-2H2. The maximum absolute atomic E-state index is 11.7. The van der Waals surface area contributed by atoms with E-state index in [0.717, 1.165) is 12.8 Å². The summed E-state index contributed by atoms with van der Waals surface area (Å²) in [6, 6.07) is 0. The van der Waals surface area contributed by atoms with Crippen LogP contribution in [0.4, 0.5) is 0 Å². The van der Waals surface area contributed by atoms with Crippen LogP contribution in [0.1, 0.15) is 142 Å². The highest BCUT2D eigenvalue weighted by molar-refractivity contribution is 5.69. The Morgan fingerprint density at radius 2 is 0.938 bits per heavy atom. The van der Waals surface area contributed by atoms with Crippen LogP contribution >= 0.6 is 0 Å². The molecule has 0 atom stereocenters. The van der Waals surface area contributed by atoms with Gasteiger partial charge >= 0.3 is 5.97 Å². The maximum Gasteiger partial charge on any atom is 0.305 e. The monoisotopic (exact) mass is 460 g/mol. The summed E-state index contributed by atoms with van der Waals surface area (Å²) in [5.74, 6) is 0.0154. The molecule has 0 aromatic heterocycles. The summed E-state index contributed by atoms with van der Waals surface area (Å²) in [5.41, 5.74) is 0. The van der Waals surface area contributed by atoms with Gasteiger partial charge in [0.1, 0.15) is 6.10 Å². The van der Waals surface area contributed by atoms with Crippen molar-refractivity contribution in [1.82, 2.24) is 0 Å². The summed E-state index contributed by atoms with van der Waals surface area (Å²) in [7, 11) is 0. The Morgan fingerprint density at radius 1 is 0.594 bits per heavy atom.